The summed E-state index contributed by atoms with van der Waals surface area (Å²) in [5, 5.41) is 2.55. The Morgan fingerprint density at radius 1 is 1.59 bits per heavy atom. The van der Waals surface area contributed by atoms with Crippen LogP contribution in [0.4, 0.5) is 0 Å². The summed E-state index contributed by atoms with van der Waals surface area (Å²) >= 11 is 0. The summed E-state index contributed by atoms with van der Waals surface area (Å²) in [6.45, 7) is 1.92. The van der Waals surface area contributed by atoms with Gasteiger partial charge in [-0.05, 0) is 6.92 Å². The number of hydrogen-bond acceptors (Lipinski definition) is 4. The molecule has 2 rings (SSSR count). The fourth-order valence-corrected chi connectivity index (χ4v) is 1.33. The molecule has 2 aromatic rings. The number of amides is 1. The Kier molecular flexibility index (Phi) is 3.04. The van der Waals surface area contributed by atoms with Crippen LogP contribution in [0.15, 0.2) is 33.9 Å². The fourth-order valence-electron chi connectivity index (χ4n) is 1.33. The van der Waals surface area contributed by atoms with Crippen LogP contribution in [0.2, 0.25) is 0 Å². The van der Waals surface area contributed by atoms with Crippen molar-refractivity contribution in [3.63, 3.8) is 0 Å². The molecule has 6 heteroatoms. The van der Waals surface area contributed by atoms with Crippen molar-refractivity contribution in [3.8, 4) is 0 Å². The van der Waals surface area contributed by atoms with E-state index in [2.05, 4.69) is 15.3 Å². The van der Waals surface area contributed by atoms with Gasteiger partial charge in [-0.3, -0.25) is 9.59 Å². The maximum atomic E-state index is 11.6. The van der Waals surface area contributed by atoms with Gasteiger partial charge in [0.1, 0.15) is 11.3 Å². The van der Waals surface area contributed by atoms with E-state index < -0.39 is 5.91 Å². The van der Waals surface area contributed by atoms with Gasteiger partial charge in [0.15, 0.2) is 5.43 Å². The molecule has 0 saturated carbocycles. The molecule has 0 unspecified atom stereocenters. The number of nitrogens with one attached hydrogen (secondary N) is 2. The highest BCUT2D eigenvalue weighted by molar-refractivity contribution is 5.93. The van der Waals surface area contributed by atoms with Gasteiger partial charge < -0.3 is 14.7 Å². The molecule has 0 bridgehead atoms. The number of H-pyrrole nitrogens is 1. The van der Waals surface area contributed by atoms with Gasteiger partial charge in [-0.25, -0.2) is 4.98 Å². The Morgan fingerprint density at radius 3 is 3.06 bits per heavy atom. The Morgan fingerprint density at radius 2 is 2.41 bits per heavy atom. The minimum atomic E-state index is -0.456. The molecule has 0 saturated heterocycles. The van der Waals surface area contributed by atoms with Crippen molar-refractivity contribution < 1.29 is 9.21 Å². The van der Waals surface area contributed by atoms with Crippen LogP contribution in [0.5, 0.6) is 0 Å². The largest absolute Gasteiger partial charge is 0.444 e. The van der Waals surface area contributed by atoms with Gasteiger partial charge in [0, 0.05) is 18.5 Å². The minimum absolute atomic E-state index is 0.0655. The smallest absolute Gasteiger partial charge is 0.257 e. The Balaban J connectivity index is 2.03. The number of rotatable bonds is 3. The molecule has 17 heavy (non-hydrogen) atoms. The fraction of sp³-hybridized carbons (Fsp3) is 0.182. The van der Waals surface area contributed by atoms with Gasteiger partial charge in [-0.2, -0.15) is 0 Å². The van der Waals surface area contributed by atoms with E-state index in [1.807, 2.05) is 0 Å². The molecular formula is C11H11N3O3. The first-order valence-electron chi connectivity index (χ1n) is 5.03. The van der Waals surface area contributed by atoms with Crippen LogP contribution in [-0.2, 0) is 6.54 Å². The first kappa shape index (κ1) is 11.1. The molecule has 0 aliphatic rings. The maximum absolute atomic E-state index is 11.6. The average molecular weight is 233 g/mol. The molecule has 6 nitrogen and oxygen atoms in total. The Bertz CT molecular complexity index is 585. The topological polar surface area (TPSA) is 88.0 Å². The van der Waals surface area contributed by atoms with Crippen molar-refractivity contribution in [1.29, 1.82) is 0 Å². The molecule has 0 aliphatic heterocycles. The van der Waals surface area contributed by atoms with Crippen molar-refractivity contribution in [2.45, 2.75) is 13.5 Å². The standard InChI is InChI=1S/C11H11N3O3/c1-7-4-13-10(17-7)6-14-11(16)8-5-12-3-2-9(8)15/h2-5H,6H2,1H3,(H,12,15)(H,14,16). The highest BCUT2D eigenvalue weighted by atomic mass is 16.4. The minimum Gasteiger partial charge on any atom is -0.444 e. The number of nitrogens with zero attached hydrogens (tertiary/aromatic N) is 1. The summed E-state index contributed by atoms with van der Waals surface area (Å²) in [4.78, 5) is 29.6. The summed E-state index contributed by atoms with van der Waals surface area (Å²) < 4.78 is 5.19. The number of oxazole rings is 1. The number of carbonyl (C=O) groups is 1. The monoisotopic (exact) mass is 233 g/mol. The van der Waals surface area contributed by atoms with Crippen LogP contribution >= 0.6 is 0 Å². The third-order valence-electron chi connectivity index (χ3n) is 2.14. The molecule has 2 heterocycles. The zero-order valence-corrected chi connectivity index (χ0v) is 9.19. The second-order valence-electron chi connectivity index (χ2n) is 3.47. The highest BCUT2D eigenvalue weighted by Crippen LogP contribution is 2.00. The van der Waals surface area contributed by atoms with E-state index in [9.17, 15) is 9.59 Å². The third-order valence-corrected chi connectivity index (χ3v) is 2.14. The summed E-state index contributed by atoms with van der Waals surface area (Å²) in [5.41, 5.74) is -0.263. The van der Waals surface area contributed by atoms with Gasteiger partial charge in [-0.1, -0.05) is 0 Å². The lowest BCUT2D eigenvalue weighted by Crippen LogP contribution is -2.28. The van der Waals surface area contributed by atoms with Crippen molar-refractivity contribution in [2.24, 2.45) is 0 Å². The van der Waals surface area contributed by atoms with E-state index in [4.69, 9.17) is 4.42 Å². The van der Waals surface area contributed by atoms with E-state index in [1.165, 1.54) is 18.5 Å². The van der Waals surface area contributed by atoms with Crippen molar-refractivity contribution >= 4 is 5.91 Å². The third kappa shape index (κ3) is 2.60. The van der Waals surface area contributed by atoms with Crippen molar-refractivity contribution in [1.82, 2.24) is 15.3 Å². The molecule has 0 atom stereocenters. The lowest BCUT2D eigenvalue weighted by Gasteiger charge is -2.01. The quantitative estimate of drug-likeness (QED) is 0.812. The van der Waals surface area contributed by atoms with E-state index in [0.717, 1.165) is 0 Å². The molecule has 0 radical (unpaired) electrons. The molecule has 1 amide bonds. The lowest BCUT2D eigenvalue weighted by molar-refractivity contribution is 0.0945. The van der Waals surface area contributed by atoms with E-state index in [1.54, 1.807) is 13.1 Å². The van der Waals surface area contributed by atoms with Crippen LogP contribution in [-0.4, -0.2) is 15.9 Å². The van der Waals surface area contributed by atoms with Crippen LogP contribution in [0, 0.1) is 6.92 Å². The van der Waals surface area contributed by atoms with E-state index in [-0.39, 0.29) is 17.5 Å². The zero-order valence-electron chi connectivity index (χ0n) is 9.19. The number of aromatic nitrogens is 2. The van der Waals surface area contributed by atoms with Crippen LogP contribution in [0.3, 0.4) is 0 Å². The SMILES string of the molecule is Cc1cnc(CNC(=O)c2c[nH]ccc2=O)o1. The van der Waals surface area contributed by atoms with Crippen LogP contribution in [0.1, 0.15) is 22.0 Å². The second kappa shape index (κ2) is 4.65. The van der Waals surface area contributed by atoms with E-state index >= 15 is 0 Å². The van der Waals surface area contributed by atoms with Gasteiger partial charge in [0.25, 0.3) is 5.91 Å². The first-order valence-corrected chi connectivity index (χ1v) is 5.03. The Hall–Kier alpha value is -2.37. The average Bonchev–Trinajstić information content (AvgIpc) is 2.73. The summed E-state index contributed by atoms with van der Waals surface area (Å²) in [7, 11) is 0. The van der Waals surface area contributed by atoms with Gasteiger partial charge in [0.05, 0.1) is 12.7 Å². The molecule has 0 fully saturated rings. The first-order chi connectivity index (χ1) is 8.16. The molecule has 0 aliphatic carbocycles. The zero-order chi connectivity index (χ0) is 12.3. The van der Waals surface area contributed by atoms with Crippen molar-refractivity contribution in [3.05, 3.63) is 52.1 Å². The van der Waals surface area contributed by atoms with Crippen LogP contribution in [0.25, 0.3) is 0 Å². The summed E-state index contributed by atoms with van der Waals surface area (Å²) in [5.74, 6) is 0.623. The van der Waals surface area contributed by atoms with Crippen LogP contribution < -0.4 is 10.7 Å². The molecule has 0 aromatic carbocycles. The summed E-state index contributed by atoms with van der Waals surface area (Å²) in [6, 6.07) is 1.30. The predicted molar refractivity (Wildman–Crippen MR) is 59.5 cm³/mol. The number of aryl methyl sites for hydroxylation is 1. The molecule has 2 aromatic heterocycles. The highest BCUT2D eigenvalue weighted by Gasteiger charge is 2.10. The van der Waals surface area contributed by atoms with Gasteiger partial charge in [0.2, 0.25) is 5.89 Å². The van der Waals surface area contributed by atoms with Gasteiger partial charge >= 0.3 is 0 Å². The normalized spacial score (nSPS) is 10.2. The maximum Gasteiger partial charge on any atom is 0.257 e. The molecule has 2 N–H and O–H groups in total. The molecule has 0 spiro atoms. The van der Waals surface area contributed by atoms with Gasteiger partial charge in [-0.15, -0.1) is 0 Å². The number of pyridine rings is 1. The van der Waals surface area contributed by atoms with Crippen molar-refractivity contribution in [2.75, 3.05) is 0 Å². The number of aromatic amines is 1. The summed E-state index contributed by atoms with van der Waals surface area (Å²) in [6.07, 6.45) is 4.39. The Labute approximate surface area is 96.7 Å². The second-order valence-corrected chi connectivity index (χ2v) is 3.47. The number of hydrogen-bond donors (Lipinski definition) is 2. The number of carbonyl (C=O) groups excluding carboxylic acids is 1. The van der Waals surface area contributed by atoms with E-state index in [0.29, 0.717) is 11.7 Å². The lowest BCUT2D eigenvalue weighted by atomic mass is 10.2. The molecular weight excluding hydrogens is 222 g/mol. The predicted octanol–water partition coefficient (Wildman–Crippen LogP) is 0.601. The molecule has 88 valence electrons.